The van der Waals surface area contributed by atoms with Gasteiger partial charge in [-0.1, -0.05) is 41.0 Å². The van der Waals surface area contributed by atoms with Crippen molar-refractivity contribution in [3.8, 4) is 0 Å². The second-order valence-electron chi connectivity index (χ2n) is 4.52. The number of benzene rings is 1. The fraction of sp³-hybridized carbons (Fsp3) is 0.250. The highest BCUT2D eigenvalue weighted by Gasteiger charge is 2.38. The van der Waals surface area contributed by atoms with Crippen molar-refractivity contribution in [1.29, 1.82) is 0 Å². The van der Waals surface area contributed by atoms with Crippen LogP contribution < -0.4 is 11.2 Å². The summed E-state index contributed by atoms with van der Waals surface area (Å²) in [4.78, 5) is 12.1. The minimum absolute atomic E-state index is 0.158. The number of nitrogens with one attached hydrogen (secondary N) is 1. The van der Waals surface area contributed by atoms with Gasteiger partial charge in [-0.05, 0) is 19.1 Å². The predicted octanol–water partition coefficient (Wildman–Crippen LogP) is 3.44. The average Bonchev–Trinajstić information content (AvgIpc) is 2.85. The van der Waals surface area contributed by atoms with Crippen LogP contribution in [0.25, 0.3) is 0 Å². The fourth-order valence-corrected chi connectivity index (χ4v) is 2.72. The zero-order valence-corrected chi connectivity index (χ0v) is 14.3. The van der Waals surface area contributed by atoms with E-state index in [0.717, 1.165) is 11.8 Å². The van der Waals surface area contributed by atoms with Gasteiger partial charge in [0.25, 0.3) is 5.82 Å². The molecule has 1 aromatic carbocycles. The quantitative estimate of drug-likeness (QED) is 0.607. The van der Waals surface area contributed by atoms with E-state index in [2.05, 4.69) is 15.5 Å². The Morgan fingerprint density at radius 2 is 2.04 bits per heavy atom. The number of carbonyl (C=O) groups excluding carboxylic acids is 1. The van der Waals surface area contributed by atoms with Crippen molar-refractivity contribution in [1.82, 2.24) is 14.9 Å². The minimum atomic E-state index is -4.74. The number of carbonyl (C=O) groups is 1. The molecule has 1 amide bonds. The van der Waals surface area contributed by atoms with Gasteiger partial charge in [0.1, 0.15) is 0 Å². The van der Waals surface area contributed by atoms with Crippen molar-refractivity contribution in [2.45, 2.75) is 23.5 Å². The fourth-order valence-electron chi connectivity index (χ4n) is 1.60. The number of nitrogen functional groups attached to an aromatic ring is 1. The lowest BCUT2D eigenvalue weighted by molar-refractivity contribution is -0.146. The van der Waals surface area contributed by atoms with Crippen LogP contribution in [0.4, 0.5) is 18.9 Å². The topological polar surface area (TPSA) is 85.8 Å². The lowest BCUT2D eigenvalue weighted by Crippen LogP contribution is -2.25. The molecule has 12 heteroatoms. The van der Waals surface area contributed by atoms with Gasteiger partial charge < -0.3 is 11.2 Å². The Balaban J connectivity index is 2.10. The maximum atomic E-state index is 12.6. The Bertz CT molecular complexity index is 768. The molecule has 2 rings (SSSR count). The normalized spacial score (nSPS) is 12.9. The highest BCUT2D eigenvalue weighted by molar-refractivity contribution is 8.00. The van der Waals surface area contributed by atoms with Crippen LogP contribution in [-0.2, 0) is 11.0 Å². The number of anilines is 1. The Hall–Kier alpha value is -1.65. The Kier molecular flexibility index (Phi) is 5.51. The molecule has 1 heterocycles. The van der Waals surface area contributed by atoms with Crippen LogP contribution in [0.5, 0.6) is 0 Å². The molecule has 6 nitrogen and oxygen atoms in total. The van der Waals surface area contributed by atoms with E-state index in [1.165, 1.54) is 13.0 Å². The highest BCUT2D eigenvalue weighted by atomic mass is 35.5. The summed E-state index contributed by atoms with van der Waals surface area (Å²) in [6.07, 6.45) is -4.74. The van der Waals surface area contributed by atoms with Crippen LogP contribution in [0.1, 0.15) is 12.7 Å². The maximum absolute atomic E-state index is 12.6. The van der Waals surface area contributed by atoms with E-state index in [1.807, 2.05) is 0 Å². The number of thioether (sulfide) groups is 1. The van der Waals surface area contributed by atoms with Crippen molar-refractivity contribution in [2.24, 2.45) is 0 Å². The van der Waals surface area contributed by atoms with E-state index in [0.29, 0.717) is 4.68 Å². The first kappa shape index (κ1) is 18.7. The largest absolute Gasteiger partial charge is 0.453 e. The molecular formula is C12H10Cl2F3N5OS. The molecule has 1 atom stereocenters. The number of aromatic nitrogens is 3. The Labute approximate surface area is 148 Å². The molecule has 0 radical (unpaired) electrons. The van der Waals surface area contributed by atoms with Gasteiger partial charge in [-0.2, -0.15) is 13.2 Å². The molecule has 0 aliphatic rings. The predicted molar refractivity (Wildman–Crippen MR) is 85.6 cm³/mol. The summed E-state index contributed by atoms with van der Waals surface area (Å²) in [5.41, 5.74) is 0.284. The first-order chi connectivity index (χ1) is 11.1. The summed E-state index contributed by atoms with van der Waals surface area (Å²) < 4.78 is 38.1. The van der Waals surface area contributed by atoms with E-state index in [9.17, 15) is 18.0 Å². The molecule has 0 aliphatic heterocycles. The van der Waals surface area contributed by atoms with Crippen LogP contribution >= 0.6 is 35.0 Å². The molecule has 0 spiro atoms. The maximum Gasteiger partial charge on any atom is 0.453 e. The SMILES string of the molecule is CC(Sc1nnc(C(F)(F)F)n1N)C(=O)Nc1cccc(Cl)c1Cl. The number of halogens is 5. The summed E-state index contributed by atoms with van der Waals surface area (Å²) in [5.74, 6) is 3.45. The van der Waals surface area contributed by atoms with Gasteiger partial charge in [0, 0.05) is 0 Å². The molecular weight excluding hydrogens is 390 g/mol. The van der Waals surface area contributed by atoms with Crippen molar-refractivity contribution >= 4 is 46.6 Å². The summed E-state index contributed by atoms with van der Waals surface area (Å²) in [6.45, 7) is 1.47. The lowest BCUT2D eigenvalue weighted by Gasteiger charge is -2.13. The average molecular weight is 400 g/mol. The third-order valence-electron chi connectivity index (χ3n) is 2.78. The van der Waals surface area contributed by atoms with Crippen LogP contribution in [-0.4, -0.2) is 26.0 Å². The number of nitrogens with two attached hydrogens (primary N) is 1. The first-order valence-electron chi connectivity index (χ1n) is 6.30. The number of rotatable bonds is 4. The van der Waals surface area contributed by atoms with Gasteiger partial charge in [-0.15, -0.1) is 10.2 Å². The highest BCUT2D eigenvalue weighted by Crippen LogP contribution is 2.32. The van der Waals surface area contributed by atoms with Crippen LogP contribution in [0.3, 0.4) is 0 Å². The van der Waals surface area contributed by atoms with E-state index >= 15 is 0 Å². The molecule has 1 unspecified atom stereocenters. The summed E-state index contributed by atoms with van der Waals surface area (Å²) >= 11 is 12.5. The van der Waals surface area contributed by atoms with Gasteiger partial charge >= 0.3 is 6.18 Å². The second kappa shape index (κ2) is 7.08. The molecule has 0 saturated carbocycles. The van der Waals surface area contributed by atoms with Crippen LogP contribution in [0, 0.1) is 0 Å². The Morgan fingerprint density at radius 1 is 1.38 bits per heavy atom. The molecule has 24 heavy (non-hydrogen) atoms. The summed E-state index contributed by atoms with van der Waals surface area (Å²) in [7, 11) is 0. The van der Waals surface area contributed by atoms with Crippen molar-refractivity contribution in [3.05, 3.63) is 34.1 Å². The standard InChI is InChI=1S/C12H10Cl2F3N5OS/c1-5(9(23)19-7-4-2-3-6(13)8(7)14)24-11-21-20-10(22(11)18)12(15,16)17/h2-5H,18H2,1H3,(H,19,23). The monoisotopic (exact) mass is 399 g/mol. The van der Waals surface area contributed by atoms with E-state index in [-0.39, 0.29) is 20.9 Å². The zero-order valence-electron chi connectivity index (χ0n) is 11.9. The van der Waals surface area contributed by atoms with Gasteiger partial charge in [-0.25, -0.2) is 4.68 Å². The van der Waals surface area contributed by atoms with Crippen LogP contribution in [0.2, 0.25) is 10.0 Å². The van der Waals surface area contributed by atoms with E-state index < -0.39 is 23.2 Å². The minimum Gasteiger partial charge on any atom is -0.335 e. The number of hydrogen-bond donors (Lipinski definition) is 2. The van der Waals surface area contributed by atoms with Gasteiger partial charge in [-0.3, -0.25) is 4.79 Å². The van der Waals surface area contributed by atoms with E-state index in [1.54, 1.807) is 12.1 Å². The van der Waals surface area contributed by atoms with Gasteiger partial charge in [0.05, 0.1) is 21.0 Å². The molecule has 2 aromatic rings. The molecule has 0 bridgehead atoms. The Morgan fingerprint density at radius 3 is 2.62 bits per heavy atom. The van der Waals surface area contributed by atoms with Crippen molar-refractivity contribution < 1.29 is 18.0 Å². The smallest absolute Gasteiger partial charge is 0.335 e. The van der Waals surface area contributed by atoms with Gasteiger partial charge in [0.15, 0.2) is 0 Å². The third-order valence-corrected chi connectivity index (χ3v) is 4.65. The molecule has 0 saturated heterocycles. The number of hydrogen-bond acceptors (Lipinski definition) is 5. The summed E-state index contributed by atoms with van der Waals surface area (Å²) in [6, 6.07) is 4.68. The number of amides is 1. The molecule has 0 aliphatic carbocycles. The molecule has 1 aromatic heterocycles. The second-order valence-corrected chi connectivity index (χ2v) is 6.62. The molecule has 0 fully saturated rings. The number of nitrogens with zero attached hydrogens (tertiary/aromatic N) is 3. The first-order valence-corrected chi connectivity index (χ1v) is 7.94. The zero-order chi connectivity index (χ0) is 18.1. The third kappa shape index (κ3) is 4.05. The molecule has 130 valence electrons. The van der Waals surface area contributed by atoms with Gasteiger partial charge in [0.2, 0.25) is 11.1 Å². The lowest BCUT2D eigenvalue weighted by atomic mass is 10.3. The number of alkyl halides is 3. The van der Waals surface area contributed by atoms with E-state index in [4.69, 9.17) is 29.0 Å². The molecule has 3 N–H and O–H groups in total. The van der Waals surface area contributed by atoms with Crippen molar-refractivity contribution in [3.63, 3.8) is 0 Å². The van der Waals surface area contributed by atoms with Crippen molar-refractivity contribution in [2.75, 3.05) is 11.2 Å². The van der Waals surface area contributed by atoms with Crippen LogP contribution in [0.15, 0.2) is 23.4 Å². The summed E-state index contributed by atoms with van der Waals surface area (Å²) in [5, 5.41) is 8.21.